The number of aliphatic hydroxyl groups is 1. The predicted octanol–water partition coefficient (Wildman–Crippen LogP) is 1.38. The summed E-state index contributed by atoms with van der Waals surface area (Å²) in [6, 6.07) is 8.39. The number of nitrogens with one attached hydrogen (secondary N) is 1. The van der Waals surface area contributed by atoms with Gasteiger partial charge in [-0.1, -0.05) is 24.3 Å². The van der Waals surface area contributed by atoms with Gasteiger partial charge in [0.15, 0.2) is 0 Å². The van der Waals surface area contributed by atoms with Gasteiger partial charge < -0.3 is 10.4 Å². The second kappa shape index (κ2) is 2.88. The number of fused-ring (bicyclic) bond motifs is 1. The molecule has 0 amide bonds. The summed E-state index contributed by atoms with van der Waals surface area (Å²) in [7, 11) is 1.93. The van der Waals surface area contributed by atoms with Crippen LogP contribution >= 0.6 is 0 Å². The Morgan fingerprint density at radius 1 is 1.33 bits per heavy atom. The zero-order valence-electron chi connectivity index (χ0n) is 7.12. The maximum atomic E-state index is 9.64. The Morgan fingerprint density at radius 2 is 2.00 bits per heavy atom. The van der Waals surface area contributed by atoms with Crippen LogP contribution in [0.25, 0.3) is 0 Å². The zero-order valence-corrected chi connectivity index (χ0v) is 7.12. The third-order valence-corrected chi connectivity index (χ3v) is 2.54. The molecule has 2 unspecified atom stereocenters. The Labute approximate surface area is 72.2 Å². The van der Waals surface area contributed by atoms with Crippen LogP contribution in [0.2, 0.25) is 0 Å². The lowest BCUT2D eigenvalue weighted by atomic mass is 10.1. The first-order chi connectivity index (χ1) is 5.83. The van der Waals surface area contributed by atoms with Crippen molar-refractivity contribution < 1.29 is 5.11 Å². The SMILES string of the molecule is CNC1CC(O)c2ccccc21. The van der Waals surface area contributed by atoms with Gasteiger partial charge in [-0.05, 0) is 24.6 Å². The number of aliphatic hydroxyl groups excluding tert-OH is 1. The van der Waals surface area contributed by atoms with E-state index in [9.17, 15) is 5.11 Å². The molecule has 0 saturated carbocycles. The molecule has 0 radical (unpaired) electrons. The summed E-state index contributed by atoms with van der Waals surface area (Å²) in [5.41, 5.74) is 2.32. The monoisotopic (exact) mass is 163 g/mol. The van der Waals surface area contributed by atoms with E-state index in [1.54, 1.807) is 0 Å². The molecule has 1 aliphatic rings. The van der Waals surface area contributed by atoms with Crippen LogP contribution in [0.3, 0.4) is 0 Å². The molecule has 2 nitrogen and oxygen atoms in total. The van der Waals surface area contributed by atoms with Crippen LogP contribution in [-0.2, 0) is 0 Å². The highest BCUT2D eigenvalue weighted by Gasteiger charge is 2.27. The molecular formula is C10H13NO. The van der Waals surface area contributed by atoms with Crippen molar-refractivity contribution in [2.24, 2.45) is 0 Å². The topological polar surface area (TPSA) is 32.3 Å². The lowest BCUT2D eigenvalue weighted by Crippen LogP contribution is -2.12. The van der Waals surface area contributed by atoms with Gasteiger partial charge in [-0.3, -0.25) is 0 Å². The summed E-state index contributed by atoms with van der Waals surface area (Å²) in [4.78, 5) is 0. The summed E-state index contributed by atoms with van der Waals surface area (Å²) in [6.45, 7) is 0. The van der Waals surface area contributed by atoms with Crippen LogP contribution in [0.1, 0.15) is 29.7 Å². The fourth-order valence-corrected chi connectivity index (χ4v) is 1.88. The fraction of sp³-hybridized carbons (Fsp3) is 0.400. The van der Waals surface area contributed by atoms with E-state index >= 15 is 0 Å². The highest BCUT2D eigenvalue weighted by atomic mass is 16.3. The second-order valence-corrected chi connectivity index (χ2v) is 3.22. The molecule has 0 aromatic heterocycles. The Bertz CT molecular complexity index is 285. The molecule has 0 fully saturated rings. The highest BCUT2D eigenvalue weighted by molar-refractivity contribution is 5.36. The van der Waals surface area contributed by atoms with Gasteiger partial charge in [0.25, 0.3) is 0 Å². The normalized spacial score (nSPS) is 27.2. The molecule has 1 aliphatic carbocycles. The van der Waals surface area contributed by atoms with Crippen molar-refractivity contribution in [2.75, 3.05) is 7.05 Å². The average molecular weight is 163 g/mol. The summed E-state index contributed by atoms with van der Waals surface area (Å²) in [5.74, 6) is 0. The maximum Gasteiger partial charge on any atom is 0.0811 e. The Kier molecular flexibility index (Phi) is 1.87. The molecule has 1 aromatic rings. The highest BCUT2D eigenvalue weighted by Crippen LogP contribution is 2.37. The minimum atomic E-state index is -0.279. The van der Waals surface area contributed by atoms with Crippen LogP contribution in [-0.4, -0.2) is 12.2 Å². The maximum absolute atomic E-state index is 9.64. The van der Waals surface area contributed by atoms with Crippen molar-refractivity contribution in [3.8, 4) is 0 Å². The van der Waals surface area contributed by atoms with E-state index in [4.69, 9.17) is 0 Å². The lowest BCUT2D eigenvalue weighted by Gasteiger charge is -2.08. The number of hydrogen-bond donors (Lipinski definition) is 2. The molecular weight excluding hydrogens is 150 g/mol. The minimum absolute atomic E-state index is 0.279. The molecule has 0 saturated heterocycles. The predicted molar refractivity (Wildman–Crippen MR) is 47.8 cm³/mol. The van der Waals surface area contributed by atoms with Crippen LogP contribution in [0.4, 0.5) is 0 Å². The zero-order chi connectivity index (χ0) is 8.55. The third-order valence-electron chi connectivity index (χ3n) is 2.54. The van der Waals surface area contributed by atoms with Crippen molar-refractivity contribution >= 4 is 0 Å². The molecule has 0 bridgehead atoms. The van der Waals surface area contributed by atoms with Crippen LogP contribution in [0.5, 0.6) is 0 Å². The lowest BCUT2D eigenvalue weighted by molar-refractivity contribution is 0.170. The third kappa shape index (κ3) is 1.04. The largest absolute Gasteiger partial charge is 0.388 e. The van der Waals surface area contributed by atoms with Gasteiger partial charge in [-0.25, -0.2) is 0 Å². The van der Waals surface area contributed by atoms with Crippen molar-refractivity contribution in [1.82, 2.24) is 5.32 Å². The Morgan fingerprint density at radius 3 is 2.67 bits per heavy atom. The first-order valence-electron chi connectivity index (χ1n) is 4.27. The van der Waals surface area contributed by atoms with Crippen LogP contribution in [0, 0.1) is 0 Å². The van der Waals surface area contributed by atoms with E-state index < -0.39 is 0 Å². The first-order valence-corrected chi connectivity index (χ1v) is 4.27. The Hall–Kier alpha value is -0.860. The molecule has 2 rings (SSSR count). The van der Waals surface area contributed by atoms with E-state index in [0.29, 0.717) is 6.04 Å². The van der Waals surface area contributed by atoms with Gasteiger partial charge in [0.1, 0.15) is 0 Å². The second-order valence-electron chi connectivity index (χ2n) is 3.22. The van der Waals surface area contributed by atoms with Gasteiger partial charge >= 0.3 is 0 Å². The standard InChI is InChI=1S/C10H13NO/c1-11-9-6-10(12)8-5-3-2-4-7(8)9/h2-5,9-12H,6H2,1H3. The molecule has 12 heavy (non-hydrogen) atoms. The van der Waals surface area contributed by atoms with Crippen molar-refractivity contribution in [3.63, 3.8) is 0 Å². The average Bonchev–Trinajstić information content (AvgIpc) is 2.44. The molecule has 1 aromatic carbocycles. The number of rotatable bonds is 1. The minimum Gasteiger partial charge on any atom is -0.388 e. The van der Waals surface area contributed by atoms with Gasteiger partial charge in [-0.2, -0.15) is 0 Å². The molecule has 0 heterocycles. The number of hydrogen-bond acceptors (Lipinski definition) is 2. The van der Waals surface area contributed by atoms with E-state index in [1.165, 1.54) is 5.56 Å². The van der Waals surface area contributed by atoms with Gasteiger partial charge in [-0.15, -0.1) is 0 Å². The van der Waals surface area contributed by atoms with Crippen molar-refractivity contribution in [1.29, 1.82) is 0 Å². The van der Waals surface area contributed by atoms with Gasteiger partial charge in [0, 0.05) is 6.04 Å². The van der Waals surface area contributed by atoms with E-state index in [2.05, 4.69) is 11.4 Å². The quantitative estimate of drug-likeness (QED) is 0.655. The molecule has 2 heteroatoms. The first kappa shape index (κ1) is 7.77. The van der Waals surface area contributed by atoms with Crippen molar-refractivity contribution in [3.05, 3.63) is 35.4 Å². The number of benzene rings is 1. The summed E-state index contributed by atoms with van der Waals surface area (Å²) in [5, 5.41) is 12.8. The smallest absolute Gasteiger partial charge is 0.0811 e. The molecule has 64 valence electrons. The van der Waals surface area contributed by atoms with Gasteiger partial charge in [0.05, 0.1) is 6.10 Å². The van der Waals surface area contributed by atoms with Gasteiger partial charge in [0.2, 0.25) is 0 Å². The fourth-order valence-electron chi connectivity index (χ4n) is 1.88. The molecule has 2 N–H and O–H groups in total. The molecule has 0 spiro atoms. The van der Waals surface area contributed by atoms with E-state index in [-0.39, 0.29) is 6.10 Å². The van der Waals surface area contributed by atoms with E-state index in [0.717, 1.165) is 12.0 Å². The summed E-state index contributed by atoms with van der Waals surface area (Å²) < 4.78 is 0. The van der Waals surface area contributed by atoms with Crippen LogP contribution in [0.15, 0.2) is 24.3 Å². The van der Waals surface area contributed by atoms with E-state index in [1.807, 2.05) is 25.2 Å². The Balaban J connectivity index is 2.43. The van der Waals surface area contributed by atoms with Crippen LogP contribution < -0.4 is 5.32 Å². The van der Waals surface area contributed by atoms with Crippen molar-refractivity contribution in [2.45, 2.75) is 18.6 Å². The molecule has 2 atom stereocenters. The summed E-state index contributed by atoms with van der Waals surface area (Å²) in [6.07, 6.45) is 0.522. The summed E-state index contributed by atoms with van der Waals surface area (Å²) >= 11 is 0. The molecule has 0 aliphatic heterocycles.